The van der Waals surface area contributed by atoms with E-state index in [1.807, 2.05) is 24.1 Å². The molecular weight excluding hydrogens is 273 g/mol. The topological polar surface area (TPSA) is 23.5 Å². The number of thiophene rings is 1. The van der Waals surface area contributed by atoms with Crippen LogP contribution in [0.3, 0.4) is 0 Å². The zero-order chi connectivity index (χ0) is 13.1. The van der Waals surface area contributed by atoms with E-state index in [1.54, 1.807) is 12.1 Å². The first-order chi connectivity index (χ1) is 8.60. The fraction of sp³-hybridized carbons (Fsp3) is 0.231. The van der Waals surface area contributed by atoms with E-state index in [4.69, 9.17) is 16.7 Å². The average molecular weight is 286 g/mol. The summed E-state index contributed by atoms with van der Waals surface area (Å²) < 4.78 is 14.6. The molecule has 0 radical (unpaired) electrons. The Labute approximate surface area is 114 Å². The number of halogens is 2. The maximum absolute atomic E-state index is 13.8. The number of rotatable bonds is 4. The molecular formula is C13H13ClFNOS. The van der Waals surface area contributed by atoms with E-state index in [0.29, 0.717) is 17.8 Å². The van der Waals surface area contributed by atoms with Crippen molar-refractivity contribution < 1.29 is 9.50 Å². The molecule has 0 fully saturated rings. The molecule has 2 rings (SSSR count). The number of hydrogen-bond acceptors (Lipinski definition) is 3. The maximum Gasteiger partial charge on any atom is 0.146 e. The summed E-state index contributed by atoms with van der Waals surface area (Å²) >= 11 is 7.34. The smallest absolute Gasteiger partial charge is 0.146 e. The molecule has 0 aliphatic carbocycles. The van der Waals surface area contributed by atoms with Crippen LogP contribution in [0.2, 0.25) is 4.34 Å². The van der Waals surface area contributed by atoms with Crippen LogP contribution in [0.5, 0.6) is 0 Å². The minimum atomic E-state index is -0.327. The highest BCUT2D eigenvalue weighted by Gasteiger charge is 2.10. The van der Waals surface area contributed by atoms with Gasteiger partial charge in [0.15, 0.2) is 0 Å². The average Bonchev–Trinajstić information content (AvgIpc) is 2.74. The standard InChI is InChI=1S/C13H13ClFNOS/c1-16(7-10-3-5-13(14)18-10)12-4-2-9(8-17)6-11(12)15/h2-6,17H,7-8H2,1H3. The van der Waals surface area contributed by atoms with Crippen LogP contribution in [0.25, 0.3) is 0 Å². The van der Waals surface area contributed by atoms with E-state index >= 15 is 0 Å². The normalized spacial score (nSPS) is 10.7. The van der Waals surface area contributed by atoms with E-state index < -0.39 is 0 Å². The summed E-state index contributed by atoms with van der Waals surface area (Å²) in [6.45, 7) is 0.453. The minimum absolute atomic E-state index is 0.151. The van der Waals surface area contributed by atoms with Crippen LogP contribution in [-0.2, 0) is 13.2 Å². The molecule has 0 saturated carbocycles. The third kappa shape index (κ3) is 3.02. The first-order valence-electron chi connectivity index (χ1n) is 5.45. The molecule has 2 aromatic rings. The summed E-state index contributed by atoms with van der Waals surface area (Å²) in [7, 11) is 1.82. The highest BCUT2D eigenvalue weighted by molar-refractivity contribution is 7.16. The summed E-state index contributed by atoms with van der Waals surface area (Å²) in [4.78, 5) is 2.90. The summed E-state index contributed by atoms with van der Waals surface area (Å²) in [5.41, 5.74) is 1.08. The lowest BCUT2D eigenvalue weighted by Gasteiger charge is -2.19. The Balaban J connectivity index is 2.15. The summed E-state index contributed by atoms with van der Waals surface area (Å²) in [5.74, 6) is -0.327. The highest BCUT2D eigenvalue weighted by atomic mass is 35.5. The van der Waals surface area contributed by atoms with E-state index in [0.717, 1.165) is 9.21 Å². The Kier molecular flexibility index (Phi) is 4.22. The van der Waals surface area contributed by atoms with Crippen LogP contribution < -0.4 is 4.90 Å². The molecule has 0 aliphatic rings. The molecule has 0 amide bonds. The minimum Gasteiger partial charge on any atom is -0.392 e. The molecule has 2 nitrogen and oxygen atoms in total. The molecule has 1 heterocycles. The van der Waals surface area contributed by atoms with Gasteiger partial charge in [0, 0.05) is 11.9 Å². The second-order valence-electron chi connectivity index (χ2n) is 4.01. The number of aliphatic hydroxyl groups excluding tert-OH is 1. The van der Waals surface area contributed by atoms with Gasteiger partial charge in [-0.1, -0.05) is 17.7 Å². The molecule has 0 unspecified atom stereocenters. The van der Waals surface area contributed by atoms with Crippen molar-refractivity contribution in [2.45, 2.75) is 13.2 Å². The van der Waals surface area contributed by atoms with Gasteiger partial charge < -0.3 is 10.0 Å². The molecule has 0 atom stereocenters. The molecule has 96 valence electrons. The maximum atomic E-state index is 13.8. The van der Waals surface area contributed by atoms with Crippen molar-refractivity contribution in [1.82, 2.24) is 0 Å². The predicted octanol–water partition coefficient (Wildman–Crippen LogP) is 3.67. The Morgan fingerprint density at radius 1 is 1.33 bits per heavy atom. The number of benzene rings is 1. The Morgan fingerprint density at radius 3 is 2.67 bits per heavy atom. The van der Waals surface area contributed by atoms with Gasteiger partial charge in [0.2, 0.25) is 0 Å². The summed E-state index contributed by atoms with van der Waals surface area (Å²) in [6.07, 6.45) is 0. The van der Waals surface area contributed by atoms with E-state index in [1.165, 1.54) is 17.4 Å². The van der Waals surface area contributed by atoms with Gasteiger partial charge in [-0.2, -0.15) is 0 Å². The fourth-order valence-corrected chi connectivity index (χ4v) is 2.86. The largest absolute Gasteiger partial charge is 0.392 e. The van der Waals surface area contributed by atoms with Gasteiger partial charge in [-0.05, 0) is 29.8 Å². The summed E-state index contributed by atoms with van der Waals surface area (Å²) in [6, 6.07) is 8.52. The number of anilines is 1. The Bertz CT molecular complexity index is 544. The zero-order valence-electron chi connectivity index (χ0n) is 9.86. The molecule has 1 N–H and O–H groups in total. The van der Waals surface area contributed by atoms with Gasteiger partial charge in [-0.25, -0.2) is 4.39 Å². The van der Waals surface area contributed by atoms with E-state index in [-0.39, 0.29) is 12.4 Å². The Hall–Kier alpha value is -1.10. The zero-order valence-corrected chi connectivity index (χ0v) is 11.4. The van der Waals surface area contributed by atoms with Crippen molar-refractivity contribution in [3.05, 3.63) is 50.9 Å². The quantitative estimate of drug-likeness (QED) is 0.926. The second-order valence-corrected chi connectivity index (χ2v) is 5.81. The van der Waals surface area contributed by atoms with Crippen LogP contribution in [0.15, 0.2) is 30.3 Å². The highest BCUT2D eigenvalue weighted by Crippen LogP contribution is 2.26. The molecule has 0 saturated heterocycles. The van der Waals surface area contributed by atoms with Gasteiger partial charge >= 0.3 is 0 Å². The van der Waals surface area contributed by atoms with Crippen molar-refractivity contribution in [1.29, 1.82) is 0 Å². The number of hydrogen-bond donors (Lipinski definition) is 1. The van der Waals surface area contributed by atoms with Gasteiger partial charge in [0.1, 0.15) is 5.82 Å². The van der Waals surface area contributed by atoms with E-state index in [2.05, 4.69) is 0 Å². The number of aliphatic hydroxyl groups is 1. The molecule has 0 aliphatic heterocycles. The third-order valence-electron chi connectivity index (χ3n) is 2.63. The number of nitrogens with zero attached hydrogens (tertiary/aromatic N) is 1. The molecule has 18 heavy (non-hydrogen) atoms. The molecule has 0 spiro atoms. The fourth-order valence-electron chi connectivity index (χ4n) is 1.71. The first kappa shape index (κ1) is 13.3. The molecule has 5 heteroatoms. The van der Waals surface area contributed by atoms with Crippen molar-refractivity contribution in [3.63, 3.8) is 0 Å². The lowest BCUT2D eigenvalue weighted by Crippen LogP contribution is -2.17. The van der Waals surface area contributed by atoms with Crippen molar-refractivity contribution in [2.75, 3.05) is 11.9 Å². The van der Waals surface area contributed by atoms with E-state index in [9.17, 15) is 4.39 Å². The molecule has 0 bridgehead atoms. The Morgan fingerprint density at radius 2 is 2.11 bits per heavy atom. The SMILES string of the molecule is CN(Cc1ccc(Cl)s1)c1ccc(CO)cc1F. The van der Waals surface area contributed by atoms with Crippen LogP contribution in [-0.4, -0.2) is 12.2 Å². The van der Waals surface area contributed by atoms with Crippen molar-refractivity contribution in [3.8, 4) is 0 Å². The first-order valence-corrected chi connectivity index (χ1v) is 6.64. The second kappa shape index (κ2) is 5.69. The van der Waals surface area contributed by atoms with Gasteiger partial charge in [0.05, 0.1) is 23.2 Å². The lowest BCUT2D eigenvalue weighted by molar-refractivity contribution is 0.281. The molecule has 1 aromatic carbocycles. The van der Waals surface area contributed by atoms with Gasteiger partial charge in [-0.3, -0.25) is 0 Å². The van der Waals surface area contributed by atoms with Crippen LogP contribution in [0.1, 0.15) is 10.4 Å². The third-order valence-corrected chi connectivity index (χ3v) is 3.84. The van der Waals surface area contributed by atoms with Crippen LogP contribution >= 0.6 is 22.9 Å². The monoisotopic (exact) mass is 285 g/mol. The van der Waals surface area contributed by atoms with Gasteiger partial charge in [-0.15, -0.1) is 11.3 Å². The van der Waals surface area contributed by atoms with Crippen molar-refractivity contribution in [2.24, 2.45) is 0 Å². The van der Waals surface area contributed by atoms with Gasteiger partial charge in [0.25, 0.3) is 0 Å². The lowest BCUT2D eigenvalue weighted by atomic mass is 10.2. The van der Waals surface area contributed by atoms with Crippen molar-refractivity contribution >= 4 is 28.6 Å². The summed E-state index contributed by atoms with van der Waals surface area (Å²) in [5, 5.41) is 8.94. The predicted molar refractivity (Wildman–Crippen MR) is 73.8 cm³/mol. The molecule has 1 aromatic heterocycles. The van der Waals surface area contributed by atoms with Crippen LogP contribution in [0, 0.1) is 5.82 Å². The van der Waals surface area contributed by atoms with Crippen LogP contribution in [0.4, 0.5) is 10.1 Å².